The first-order chi connectivity index (χ1) is 8.61. The van der Waals surface area contributed by atoms with Gasteiger partial charge in [0, 0.05) is 18.0 Å². The van der Waals surface area contributed by atoms with Gasteiger partial charge in [0.15, 0.2) is 0 Å². The molecule has 2 rings (SSSR count). The number of rotatable bonds is 3. The average Bonchev–Trinajstić information content (AvgIpc) is 2.38. The molecule has 0 bridgehead atoms. The fourth-order valence-corrected chi connectivity index (χ4v) is 1.45. The fraction of sp³-hybridized carbons (Fsp3) is 0. The van der Waals surface area contributed by atoms with E-state index < -0.39 is 5.97 Å². The molecule has 2 aromatic heterocycles. The monoisotopic (exact) mass is 245 g/mol. The molecule has 0 aliphatic carbocycles. The second-order valence-electron chi connectivity index (χ2n) is 3.54. The molecule has 6 N–H and O–H groups in total. The number of carboxylic acid groups (broad SMARTS) is 1. The summed E-state index contributed by atoms with van der Waals surface area (Å²) < 4.78 is 0. The lowest BCUT2D eigenvalue weighted by Gasteiger charge is -2.06. The maximum atomic E-state index is 10.8. The molecule has 0 aliphatic heterocycles. The predicted octanol–water partition coefficient (Wildman–Crippen LogP) is 0.710. The van der Waals surface area contributed by atoms with Gasteiger partial charge in [-0.25, -0.2) is 9.78 Å². The largest absolute Gasteiger partial charge is 0.478 e. The Kier molecular flexibility index (Phi) is 3.07. The van der Waals surface area contributed by atoms with Crippen LogP contribution in [-0.2, 0) is 0 Å². The Morgan fingerprint density at radius 2 is 2.11 bits per heavy atom. The number of hydrazine groups is 1. The molecule has 7 nitrogen and oxygen atoms in total. The smallest absolute Gasteiger partial charge is 0.337 e. The second kappa shape index (κ2) is 4.68. The van der Waals surface area contributed by atoms with Gasteiger partial charge in [-0.2, -0.15) is 0 Å². The predicted molar refractivity (Wildman–Crippen MR) is 66.6 cm³/mol. The van der Waals surface area contributed by atoms with E-state index in [2.05, 4.69) is 15.4 Å². The van der Waals surface area contributed by atoms with Crippen molar-refractivity contribution < 1.29 is 9.90 Å². The third-order valence-electron chi connectivity index (χ3n) is 2.36. The van der Waals surface area contributed by atoms with E-state index in [1.807, 2.05) is 0 Å². The third kappa shape index (κ3) is 2.20. The zero-order valence-corrected chi connectivity index (χ0v) is 9.29. The van der Waals surface area contributed by atoms with Crippen molar-refractivity contribution in [3.05, 3.63) is 36.2 Å². The third-order valence-corrected chi connectivity index (χ3v) is 2.36. The van der Waals surface area contributed by atoms with Crippen LogP contribution in [0.3, 0.4) is 0 Å². The van der Waals surface area contributed by atoms with Gasteiger partial charge in [0.25, 0.3) is 0 Å². The Morgan fingerprint density at radius 1 is 1.33 bits per heavy atom. The molecular weight excluding hydrogens is 234 g/mol. The normalized spacial score (nSPS) is 10.1. The van der Waals surface area contributed by atoms with Crippen molar-refractivity contribution in [1.29, 1.82) is 0 Å². The van der Waals surface area contributed by atoms with Gasteiger partial charge in [-0.1, -0.05) is 0 Å². The van der Waals surface area contributed by atoms with Gasteiger partial charge >= 0.3 is 5.97 Å². The van der Waals surface area contributed by atoms with E-state index in [1.165, 1.54) is 18.5 Å². The molecule has 0 fully saturated rings. The molecule has 0 unspecified atom stereocenters. The number of carbonyl (C=O) groups is 1. The van der Waals surface area contributed by atoms with Gasteiger partial charge in [-0.15, -0.1) is 0 Å². The van der Waals surface area contributed by atoms with Crippen LogP contribution in [0.4, 0.5) is 11.5 Å². The summed E-state index contributed by atoms with van der Waals surface area (Å²) in [5, 5.41) is 8.88. The molecule has 0 saturated carbocycles. The Balaban J connectivity index is 2.45. The van der Waals surface area contributed by atoms with E-state index in [1.54, 1.807) is 12.1 Å². The molecule has 2 aromatic rings. The Labute approximate surface area is 102 Å². The standard InChI is InChI=1S/C11H11N5O2/c12-10-9(16-13)2-1-8(15-10)6-3-7(11(17)18)5-14-4-6/h1-5,16H,13H2,(H2,12,15)(H,17,18). The second-order valence-corrected chi connectivity index (χ2v) is 3.54. The summed E-state index contributed by atoms with van der Waals surface area (Å²) in [4.78, 5) is 18.8. The molecule has 92 valence electrons. The summed E-state index contributed by atoms with van der Waals surface area (Å²) in [6, 6.07) is 4.81. The number of hydrogen-bond acceptors (Lipinski definition) is 6. The van der Waals surface area contributed by atoms with Gasteiger partial charge in [0.1, 0.15) is 5.82 Å². The SMILES string of the molecule is NNc1ccc(-c2cncc(C(=O)O)c2)nc1N. The minimum absolute atomic E-state index is 0.0916. The van der Waals surface area contributed by atoms with Crippen LogP contribution in [0.5, 0.6) is 0 Å². The summed E-state index contributed by atoms with van der Waals surface area (Å²) in [5.41, 5.74) is 9.78. The molecule has 2 heterocycles. The Hall–Kier alpha value is -2.67. The number of nitrogens with two attached hydrogens (primary N) is 2. The van der Waals surface area contributed by atoms with Crippen LogP contribution in [-0.4, -0.2) is 21.0 Å². The lowest BCUT2D eigenvalue weighted by atomic mass is 10.1. The van der Waals surface area contributed by atoms with Gasteiger partial charge in [0.05, 0.1) is 16.9 Å². The molecular formula is C11H11N5O2. The average molecular weight is 245 g/mol. The van der Waals surface area contributed by atoms with Crippen molar-refractivity contribution in [2.75, 3.05) is 11.2 Å². The van der Waals surface area contributed by atoms with Crippen molar-refractivity contribution in [2.45, 2.75) is 0 Å². The topological polar surface area (TPSA) is 127 Å². The van der Waals surface area contributed by atoms with Crippen molar-refractivity contribution in [3.8, 4) is 11.3 Å². The maximum Gasteiger partial charge on any atom is 0.337 e. The number of aromatic nitrogens is 2. The Bertz CT molecular complexity index is 600. The van der Waals surface area contributed by atoms with E-state index in [9.17, 15) is 4.79 Å². The first-order valence-electron chi connectivity index (χ1n) is 5.03. The van der Waals surface area contributed by atoms with Crippen molar-refractivity contribution >= 4 is 17.5 Å². The first-order valence-corrected chi connectivity index (χ1v) is 5.03. The van der Waals surface area contributed by atoms with Gasteiger partial charge in [-0.05, 0) is 18.2 Å². The van der Waals surface area contributed by atoms with Gasteiger partial charge < -0.3 is 16.3 Å². The number of nitrogens with one attached hydrogen (secondary N) is 1. The minimum Gasteiger partial charge on any atom is -0.478 e. The highest BCUT2D eigenvalue weighted by Gasteiger charge is 2.08. The maximum absolute atomic E-state index is 10.8. The molecule has 7 heteroatoms. The Morgan fingerprint density at radius 3 is 2.72 bits per heavy atom. The number of aromatic carboxylic acids is 1. The van der Waals surface area contributed by atoms with Crippen LogP contribution in [0.2, 0.25) is 0 Å². The number of hydrogen-bond donors (Lipinski definition) is 4. The number of anilines is 2. The van der Waals surface area contributed by atoms with Crippen molar-refractivity contribution in [1.82, 2.24) is 9.97 Å². The van der Waals surface area contributed by atoms with Crippen LogP contribution in [0, 0.1) is 0 Å². The van der Waals surface area contributed by atoms with E-state index in [-0.39, 0.29) is 11.4 Å². The van der Waals surface area contributed by atoms with Crippen molar-refractivity contribution in [3.63, 3.8) is 0 Å². The molecule has 0 atom stereocenters. The highest BCUT2D eigenvalue weighted by Crippen LogP contribution is 2.22. The molecule has 0 radical (unpaired) electrons. The van der Waals surface area contributed by atoms with Crippen molar-refractivity contribution in [2.24, 2.45) is 5.84 Å². The summed E-state index contributed by atoms with van der Waals surface area (Å²) in [6.07, 6.45) is 2.79. The molecule has 0 aromatic carbocycles. The number of pyridine rings is 2. The van der Waals surface area contributed by atoms with E-state index in [0.29, 0.717) is 16.9 Å². The lowest BCUT2D eigenvalue weighted by molar-refractivity contribution is 0.0696. The van der Waals surface area contributed by atoms with Crippen LogP contribution in [0.1, 0.15) is 10.4 Å². The zero-order valence-electron chi connectivity index (χ0n) is 9.29. The highest BCUT2D eigenvalue weighted by atomic mass is 16.4. The van der Waals surface area contributed by atoms with Crippen LogP contribution in [0.25, 0.3) is 11.3 Å². The van der Waals surface area contributed by atoms with Crippen LogP contribution in [0.15, 0.2) is 30.6 Å². The fourth-order valence-electron chi connectivity index (χ4n) is 1.45. The summed E-state index contributed by atoms with van der Waals surface area (Å²) >= 11 is 0. The molecule has 0 saturated heterocycles. The molecule has 0 aliphatic rings. The van der Waals surface area contributed by atoms with E-state index in [4.69, 9.17) is 16.7 Å². The first kappa shape index (κ1) is 11.8. The summed E-state index contributed by atoms with van der Waals surface area (Å²) in [5.74, 6) is 4.43. The van der Waals surface area contributed by atoms with Gasteiger partial charge in [-0.3, -0.25) is 10.8 Å². The number of nitrogens with zero attached hydrogens (tertiary/aromatic N) is 2. The lowest BCUT2D eigenvalue weighted by Crippen LogP contribution is -2.10. The zero-order chi connectivity index (χ0) is 13.1. The van der Waals surface area contributed by atoms with Crippen LogP contribution >= 0.6 is 0 Å². The number of nitrogen functional groups attached to an aromatic ring is 2. The number of carboxylic acids is 1. The molecule has 0 spiro atoms. The summed E-state index contributed by atoms with van der Waals surface area (Å²) in [7, 11) is 0. The summed E-state index contributed by atoms with van der Waals surface area (Å²) in [6.45, 7) is 0. The van der Waals surface area contributed by atoms with E-state index in [0.717, 1.165) is 0 Å². The van der Waals surface area contributed by atoms with E-state index >= 15 is 0 Å². The minimum atomic E-state index is -1.04. The quantitative estimate of drug-likeness (QED) is 0.463. The van der Waals surface area contributed by atoms with Gasteiger partial charge in [0.2, 0.25) is 0 Å². The molecule has 0 amide bonds. The highest BCUT2D eigenvalue weighted by molar-refractivity contribution is 5.88. The molecule has 18 heavy (non-hydrogen) atoms. The van der Waals surface area contributed by atoms with Crippen LogP contribution < -0.4 is 17.0 Å².